The van der Waals surface area contributed by atoms with Crippen molar-refractivity contribution in [2.24, 2.45) is 0 Å². The van der Waals surface area contributed by atoms with Gasteiger partial charge in [-0.1, -0.05) is 66.2 Å². The average Bonchev–Trinajstić information content (AvgIpc) is 3.18. The second-order valence-corrected chi connectivity index (χ2v) is 9.00. The zero-order valence-electron chi connectivity index (χ0n) is 20.4. The van der Waals surface area contributed by atoms with Gasteiger partial charge in [0.2, 0.25) is 0 Å². The Kier molecular flexibility index (Phi) is 6.81. The molecule has 1 N–H and O–H groups in total. The molecule has 1 amide bonds. The van der Waals surface area contributed by atoms with E-state index >= 15 is 0 Å². The third-order valence-electron chi connectivity index (χ3n) is 6.35. The lowest BCUT2D eigenvalue weighted by molar-refractivity contribution is -0.140. The lowest BCUT2D eigenvalue weighted by Gasteiger charge is -2.25. The van der Waals surface area contributed by atoms with E-state index in [0.29, 0.717) is 17.9 Å². The number of amides is 1. The smallest absolute Gasteiger partial charge is 0.295 e. The predicted octanol–water partition coefficient (Wildman–Crippen LogP) is 5.59. The summed E-state index contributed by atoms with van der Waals surface area (Å²) in [5.74, 6) is -0.951. The number of aryl methyl sites for hydroxylation is 1. The summed E-state index contributed by atoms with van der Waals surface area (Å²) in [5, 5.41) is 11.3. The fraction of sp³-hybridized carbons (Fsp3) is 0.129. The van der Waals surface area contributed by atoms with Crippen molar-refractivity contribution >= 4 is 17.4 Å². The number of Topliss-reactive ketones (excluding diaryl/α,β-unsaturated/α-hetero) is 1. The van der Waals surface area contributed by atoms with Crippen molar-refractivity contribution in [2.75, 3.05) is 0 Å². The third-order valence-corrected chi connectivity index (χ3v) is 6.35. The van der Waals surface area contributed by atoms with Crippen LogP contribution in [0.5, 0.6) is 5.75 Å². The van der Waals surface area contributed by atoms with E-state index in [1.807, 2.05) is 61.5 Å². The lowest BCUT2D eigenvalue weighted by atomic mass is 9.95. The molecule has 1 aliphatic heterocycles. The van der Waals surface area contributed by atoms with Gasteiger partial charge in [0.25, 0.3) is 11.7 Å². The molecule has 1 atom stereocenters. The molecule has 1 fully saturated rings. The van der Waals surface area contributed by atoms with Crippen LogP contribution in [-0.4, -0.2) is 26.7 Å². The van der Waals surface area contributed by atoms with E-state index < -0.39 is 17.7 Å². The number of ketones is 1. The van der Waals surface area contributed by atoms with E-state index in [1.165, 1.54) is 4.90 Å². The number of carbonyl (C=O) groups excluding carboxylic acids is 2. The molecule has 6 nitrogen and oxygen atoms in total. The van der Waals surface area contributed by atoms with Gasteiger partial charge in [0.05, 0.1) is 11.6 Å². The number of nitrogens with zero attached hydrogens (tertiary/aromatic N) is 2. The van der Waals surface area contributed by atoms with Gasteiger partial charge in [-0.05, 0) is 53.9 Å². The molecule has 0 saturated carbocycles. The molecule has 1 aliphatic rings. The van der Waals surface area contributed by atoms with Gasteiger partial charge in [-0.25, -0.2) is 0 Å². The number of benzene rings is 3. The summed E-state index contributed by atoms with van der Waals surface area (Å²) in [7, 11) is 0. The van der Waals surface area contributed by atoms with Crippen molar-refractivity contribution in [1.82, 2.24) is 9.88 Å². The summed E-state index contributed by atoms with van der Waals surface area (Å²) in [5.41, 5.74) is 4.25. The first-order chi connectivity index (χ1) is 18.0. The zero-order chi connectivity index (χ0) is 25.8. The Morgan fingerprint density at radius 1 is 0.919 bits per heavy atom. The molecular weight excluding hydrogens is 464 g/mol. The first kappa shape index (κ1) is 24.0. The maximum absolute atomic E-state index is 13.2. The van der Waals surface area contributed by atoms with E-state index in [9.17, 15) is 14.7 Å². The highest BCUT2D eigenvalue weighted by Gasteiger charge is 2.46. The molecule has 184 valence electrons. The molecule has 5 rings (SSSR count). The van der Waals surface area contributed by atoms with E-state index in [-0.39, 0.29) is 17.9 Å². The van der Waals surface area contributed by atoms with Crippen LogP contribution >= 0.6 is 0 Å². The number of aliphatic hydroxyl groups excluding tert-OH is 1. The van der Waals surface area contributed by atoms with Crippen LogP contribution in [0.15, 0.2) is 109 Å². The Hall–Kier alpha value is -4.71. The quantitative estimate of drug-likeness (QED) is 0.208. The minimum atomic E-state index is -0.723. The predicted molar refractivity (Wildman–Crippen MR) is 140 cm³/mol. The SMILES string of the molecule is Cc1cccc(COc2ccc(/C(O)=C3\C(=O)C(=O)N(Cc4cccnc4)C3c3ccccc3)cc2)c1. The maximum Gasteiger partial charge on any atom is 0.295 e. The molecule has 1 saturated heterocycles. The number of aliphatic hydroxyl groups is 1. The van der Waals surface area contributed by atoms with Gasteiger partial charge in [0.1, 0.15) is 18.1 Å². The highest BCUT2D eigenvalue weighted by molar-refractivity contribution is 6.46. The summed E-state index contributed by atoms with van der Waals surface area (Å²) in [6, 6.07) is 27.1. The van der Waals surface area contributed by atoms with Crippen molar-refractivity contribution in [2.45, 2.75) is 26.1 Å². The number of pyridine rings is 1. The molecule has 1 unspecified atom stereocenters. The van der Waals surface area contributed by atoms with Crippen LogP contribution in [0.1, 0.15) is 33.9 Å². The summed E-state index contributed by atoms with van der Waals surface area (Å²) in [6.07, 6.45) is 3.32. The van der Waals surface area contributed by atoms with Crippen molar-refractivity contribution < 1.29 is 19.4 Å². The van der Waals surface area contributed by atoms with Crippen molar-refractivity contribution in [1.29, 1.82) is 0 Å². The Bertz CT molecular complexity index is 1450. The molecule has 3 aromatic carbocycles. The number of likely N-dealkylation sites (tertiary alicyclic amines) is 1. The van der Waals surface area contributed by atoms with Crippen molar-refractivity contribution in [3.63, 3.8) is 0 Å². The monoisotopic (exact) mass is 490 g/mol. The Balaban J connectivity index is 1.45. The molecule has 0 spiro atoms. The molecule has 1 aromatic heterocycles. The van der Waals surface area contributed by atoms with Crippen LogP contribution in [0.2, 0.25) is 0 Å². The summed E-state index contributed by atoms with van der Waals surface area (Å²) in [6.45, 7) is 2.64. The first-order valence-corrected chi connectivity index (χ1v) is 12.0. The number of ether oxygens (including phenoxy) is 1. The van der Waals surface area contributed by atoms with Gasteiger partial charge in [0.15, 0.2) is 0 Å². The summed E-state index contributed by atoms with van der Waals surface area (Å²) in [4.78, 5) is 31.9. The van der Waals surface area contributed by atoms with Gasteiger partial charge in [-0.15, -0.1) is 0 Å². The van der Waals surface area contributed by atoms with Gasteiger partial charge in [-0.2, -0.15) is 0 Å². The maximum atomic E-state index is 13.2. The molecular formula is C31H26N2O4. The average molecular weight is 491 g/mol. The Labute approximate surface area is 215 Å². The van der Waals surface area contributed by atoms with Gasteiger partial charge in [0, 0.05) is 24.5 Å². The minimum Gasteiger partial charge on any atom is -0.507 e. The van der Waals surface area contributed by atoms with Crippen LogP contribution < -0.4 is 4.74 Å². The van der Waals surface area contributed by atoms with Crippen LogP contribution in [-0.2, 0) is 22.7 Å². The van der Waals surface area contributed by atoms with E-state index in [0.717, 1.165) is 22.3 Å². The molecule has 2 heterocycles. The summed E-state index contributed by atoms with van der Waals surface area (Å²) >= 11 is 0. The van der Waals surface area contributed by atoms with Crippen molar-refractivity contribution in [3.8, 4) is 5.75 Å². The standard InChI is InChI=1S/C31H26N2O4/c1-21-7-5-8-22(17-21)20-37-26-14-12-25(13-15-26)29(34)27-28(24-10-3-2-4-11-24)33(31(36)30(27)35)19-23-9-6-16-32-18-23/h2-18,28,34H,19-20H2,1H3/b29-27+. The number of hydrogen-bond donors (Lipinski definition) is 1. The van der Waals surface area contributed by atoms with Crippen LogP contribution in [0.25, 0.3) is 5.76 Å². The number of carbonyl (C=O) groups is 2. The summed E-state index contributed by atoms with van der Waals surface area (Å²) < 4.78 is 5.89. The Morgan fingerprint density at radius 2 is 1.68 bits per heavy atom. The number of rotatable bonds is 7. The van der Waals surface area contributed by atoms with Crippen molar-refractivity contribution in [3.05, 3.63) is 137 Å². The Morgan fingerprint density at radius 3 is 2.38 bits per heavy atom. The first-order valence-electron chi connectivity index (χ1n) is 12.0. The molecule has 6 heteroatoms. The molecule has 0 aliphatic carbocycles. The normalized spacial score (nSPS) is 16.7. The largest absolute Gasteiger partial charge is 0.507 e. The topological polar surface area (TPSA) is 79.7 Å². The van der Waals surface area contributed by atoms with E-state index in [1.54, 1.807) is 42.7 Å². The number of hydrogen-bond acceptors (Lipinski definition) is 5. The van der Waals surface area contributed by atoms with E-state index in [4.69, 9.17) is 4.74 Å². The molecule has 4 aromatic rings. The highest BCUT2D eigenvalue weighted by atomic mass is 16.5. The van der Waals surface area contributed by atoms with Crippen LogP contribution in [0.4, 0.5) is 0 Å². The molecule has 37 heavy (non-hydrogen) atoms. The fourth-order valence-corrected chi connectivity index (χ4v) is 4.55. The molecule has 0 bridgehead atoms. The third kappa shape index (κ3) is 5.14. The second-order valence-electron chi connectivity index (χ2n) is 9.00. The van der Waals surface area contributed by atoms with Gasteiger partial charge < -0.3 is 14.7 Å². The fourth-order valence-electron chi connectivity index (χ4n) is 4.55. The number of aromatic nitrogens is 1. The lowest BCUT2D eigenvalue weighted by Crippen LogP contribution is -2.29. The molecule has 0 radical (unpaired) electrons. The second kappa shape index (κ2) is 10.5. The van der Waals surface area contributed by atoms with E-state index in [2.05, 4.69) is 11.1 Å². The zero-order valence-corrected chi connectivity index (χ0v) is 20.4. The van der Waals surface area contributed by atoms with Gasteiger partial charge in [-0.3, -0.25) is 14.6 Å². The van der Waals surface area contributed by atoms with Crippen LogP contribution in [0, 0.1) is 6.92 Å². The van der Waals surface area contributed by atoms with Gasteiger partial charge >= 0.3 is 0 Å². The minimum absolute atomic E-state index is 0.0634. The highest BCUT2D eigenvalue weighted by Crippen LogP contribution is 2.40. The van der Waals surface area contributed by atoms with Crippen LogP contribution in [0.3, 0.4) is 0 Å².